The number of nitrogens with one attached hydrogen (secondary N) is 1. The fraction of sp³-hybridized carbons (Fsp3) is 0.684. The number of carbonyl (C=O) groups is 1. The normalized spacial score (nSPS) is 24.7. The summed E-state index contributed by atoms with van der Waals surface area (Å²) < 4.78 is 0. The molecule has 138 valence electrons. The molecule has 1 aliphatic heterocycles. The van der Waals surface area contributed by atoms with Crippen molar-refractivity contribution in [3.8, 4) is 0 Å². The van der Waals surface area contributed by atoms with E-state index in [-0.39, 0.29) is 11.9 Å². The van der Waals surface area contributed by atoms with Gasteiger partial charge >= 0.3 is 0 Å². The Morgan fingerprint density at radius 3 is 2.60 bits per heavy atom. The number of carbonyl (C=O) groups excluding carboxylic acids is 1. The van der Waals surface area contributed by atoms with E-state index in [0.29, 0.717) is 24.2 Å². The molecule has 0 unspecified atom stereocenters. The minimum absolute atomic E-state index is 0.0226. The molecule has 25 heavy (non-hydrogen) atoms. The Kier molecular flexibility index (Phi) is 5.91. The maximum Gasteiger partial charge on any atom is 0.225 e. The van der Waals surface area contributed by atoms with Gasteiger partial charge in [0, 0.05) is 31.6 Å². The predicted molar refractivity (Wildman–Crippen MR) is 102 cm³/mol. The summed E-state index contributed by atoms with van der Waals surface area (Å²) in [7, 11) is 4.30. The van der Waals surface area contributed by atoms with Crippen molar-refractivity contribution < 1.29 is 4.79 Å². The van der Waals surface area contributed by atoms with Gasteiger partial charge in [-0.15, -0.1) is 0 Å². The zero-order valence-electron chi connectivity index (χ0n) is 15.4. The quantitative estimate of drug-likeness (QED) is 0.854. The van der Waals surface area contributed by atoms with Crippen LogP contribution in [-0.2, 0) is 4.79 Å². The van der Waals surface area contributed by atoms with Crippen LogP contribution in [-0.4, -0.2) is 55.1 Å². The molecule has 1 aliphatic carbocycles. The van der Waals surface area contributed by atoms with Crippen LogP contribution < -0.4 is 16.0 Å². The zero-order chi connectivity index (χ0) is 17.8. The lowest BCUT2D eigenvalue weighted by Crippen LogP contribution is -2.42. The van der Waals surface area contributed by atoms with Crippen molar-refractivity contribution in [1.29, 1.82) is 0 Å². The molecule has 0 bridgehead atoms. The third-order valence-electron chi connectivity index (χ3n) is 5.74. The molecule has 2 heterocycles. The summed E-state index contributed by atoms with van der Waals surface area (Å²) in [5.74, 6) is 0.968. The molecule has 2 aliphatic rings. The summed E-state index contributed by atoms with van der Waals surface area (Å²) in [6.07, 6.45) is 7.95. The second kappa shape index (κ2) is 8.15. The molecular weight excluding hydrogens is 314 g/mol. The number of amides is 1. The Balaban J connectivity index is 1.49. The van der Waals surface area contributed by atoms with Crippen molar-refractivity contribution in [3.05, 3.63) is 18.3 Å². The molecule has 0 aromatic carbocycles. The van der Waals surface area contributed by atoms with E-state index in [9.17, 15) is 4.79 Å². The second-order valence-corrected chi connectivity index (χ2v) is 7.69. The van der Waals surface area contributed by atoms with E-state index in [1.807, 2.05) is 12.3 Å². The molecule has 2 atom stereocenters. The average Bonchev–Trinajstić information content (AvgIpc) is 3.00. The maximum absolute atomic E-state index is 12.2. The molecule has 3 N–H and O–H groups in total. The number of rotatable bonds is 5. The fourth-order valence-corrected chi connectivity index (χ4v) is 4.04. The number of nitrogens with zero attached hydrogens (tertiary/aromatic N) is 3. The first-order valence-corrected chi connectivity index (χ1v) is 9.46. The van der Waals surface area contributed by atoms with Crippen LogP contribution >= 0.6 is 0 Å². The molecule has 1 saturated heterocycles. The molecule has 1 aromatic rings. The number of hydrogen-bond donors (Lipinski definition) is 2. The molecular formula is C19H31N5O. The fourth-order valence-electron chi connectivity index (χ4n) is 4.04. The molecule has 0 radical (unpaired) electrons. The van der Waals surface area contributed by atoms with Gasteiger partial charge in [0.15, 0.2) is 0 Å². The van der Waals surface area contributed by atoms with Crippen molar-refractivity contribution in [2.45, 2.75) is 50.6 Å². The minimum Gasteiger partial charge on any atom is -0.370 e. The van der Waals surface area contributed by atoms with E-state index in [1.165, 1.54) is 12.8 Å². The standard InChI is InChI=1S/C19H31N5O/c1-23(2)15-8-10-24(11-9-15)16-6-7-18(21-13-16)22-19(25)12-14-4-3-5-17(14)20/h6-7,13-15,17H,3-5,8-12,20H2,1-2H3,(H,21,22,25)/t14-,17+/m0/s1. The van der Waals surface area contributed by atoms with E-state index in [1.54, 1.807) is 0 Å². The number of aromatic nitrogens is 1. The van der Waals surface area contributed by atoms with Gasteiger partial charge < -0.3 is 20.9 Å². The Hall–Kier alpha value is -1.66. The van der Waals surface area contributed by atoms with Crippen molar-refractivity contribution in [3.63, 3.8) is 0 Å². The lowest BCUT2D eigenvalue weighted by molar-refractivity contribution is -0.117. The van der Waals surface area contributed by atoms with Crippen LogP contribution in [0.15, 0.2) is 18.3 Å². The first-order chi connectivity index (χ1) is 12.0. The largest absolute Gasteiger partial charge is 0.370 e. The summed E-state index contributed by atoms with van der Waals surface area (Å²) in [4.78, 5) is 21.3. The van der Waals surface area contributed by atoms with E-state index < -0.39 is 0 Å². The number of hydrogen-bond acceptors (Lipinski definition) is 5. The topological polar surface area (TPSA) is 74.5 Å². The highest BCUT2D eigenvalue weighted by Crippen LogP contribution is 2.27. The van der Waals surface area contributed by atoms with Crippen LogP contribution in [0.2, 0.25) is 0 Å². The third-order valence-corrected chi connectivity index (χ3v) is 5.74. The van der Waals surface area contributed by atoms with Gasteiger partial charge in [-0.2, -0.15) is 0 Å². The summed E-state index contributed by atoms with van der Waals surface area (Å²) in [5, 5.41) is 2.91. The van der Waals surface area contributed by atoms with Crippen molar-refractivity contribution in [1.82, 2.24) is 9.88 Å². The van der Waals surface area contributed by atoms with Crippen LogP contribution in [0, 0.1) is 5.92 Å². The molecule has 0 spiro atoms. The maximum atomic E-state index is 12.2. The Morgan fingerprint density at radius 2 is 2.04 bits per heavy atom. The lowest BCUT2D eigenvalue weighted by Gasteiger charge is -2.36. The average molecular weight is 345 g/mol. The van der Waals surface area contributed by atoms with Gasteiger partial charge in [0.1, 0.15) is 5.82 Å². The van der Waals surface area contributed by atoms with Gasteiger partial charge in [-0.25, -0.2) is 4.98 Å². The number of piperidine rings is 1. The van der Waals surface area contributed by atoms with Gasteiger partial charge in [-0.3, -0.25) is 4.79 Å². The molecule has 2 fully saturated rings. The Morgan fingerprint density at radius 1 is 1.28 bits per heavy atom. The molecule has 6 heteroatoms. The first kappa shape index (κ1) is 18.1. The van der Waals surface area contributed by atoms with Crippen LogP contribution in [0.3, 0.4) is 0 Å². The molecule has 1 amide bonds. The van der Waals surface area contributed by atoms with Gasteiger partial charge in [-0.05, 0) is 57.8 Å². The monoisotopic (exact) mass is 345 g/mol. The minimum atomic E-state index is 0.0226. The second-order valence-electron chi connectivity index (χ2n) is 7.69. The Labute approximate surface area is 150 Å². The third kappa shape index (κ3) is 4.70. The summed E-state index contributed by atoms with van der Waals surface area (Å²) in [6, 6.07) is 4.80. The number of nitrogens with two attached hydrogens (primary N) is 1. The van der Waals surface area contributed by atoms with E-state index >= 15 is 0 Å². The van der Waals surface area contributed by atoms with Crippen molar-refractivity contribution in [2.75, 3.05) is 37.4 Å². The highest BCUT2D eigenvalue weighted by Gasteiger charge is 2.26. The highest BCUT2D eigenvalue weighted by atomic mass is 16.1. The van der Waals surface area contributed by atoms with Crippen LogP contribution in [0.25, 0.3) is 0 Å². The van der Waals surface area contributed by atoms with E-state index in [0.717, 1.165) is 38.0 Å². The van der Waals surface area contributed by atoms with E-state index in [4.69, 9.17) is 5.73 Å². The van der Waals surface area contributed by atoms with E-state index in [2.05, 4.69) is 40.3 Å². The number of pyridine rings is 1. The summed E-state index contributed by atoms with van der Waals surface area (Å²) in [6.45, 7) is 2.10. The molecule has 1 aromatic heterocycles. The summed E-state index contributed by atoms with van der Waals surface area (Å²) in [5.41, 5.74) is 7.18. The summed E-state index contributed by atoms with van der Waals surface area (Å²) >= 11 is 0. The van der Waals surface area contributed by atoms with Gasteiger partial charge in [0.2, 0.25) is 5.91 Å². The van der Waals surface area contributed by atoms with Crippen LogP contribution in [0.5, 0.6) is 0 Å². The smallest absolute Gasteiger partial charge is 0.225 e. The van der Waals surface area contributed by atoms with Gasteiger partial charge in [-0.1, -0.05) is 6.42 Å². The van der Waals surface area contributed by atoms with Crippen molar-refractivity contribution in [2.24, 2.45) is 11.7 Å². The predicted octanol–water partition coefficient (Wildman–Crippen LogP) is 2.07. The molecule has 6 nitrogen and oxygen atoms in total. The zero-order valence-corrected chi connectivity index (χ0v) is 15.4. The van der Waals surface area contributed by atoms with Crippen LogP contribution in [0.1, 0.15) is 38.5 Å². The van der Waals surface area contributed by atoms with Gasteiger partial charge in [0.05, 0.1) is 11.9 Å². The lowest BCUT2D eigenvalue weighted by atomic mass is 10.00. The highest BCUT2D eigenvalue weighted by molar-refractivity contribution is 5.90. The first-order valence-electron chi connectivity index (χ1n) is 9.46. The number of anilines is 2. The molecule has 1 saturated carbocycles. The SMILES string of the molecule is CN(C)C1CCN(c2ccc(NC(=O)C[C@@H]3CCC[C@H]3N)nc2)CC1. The Bertz CT molecular complexity index is 566. The van der Waals surface area contributed by atoms with Gasteiger partial charge in [0.25, 0.3) is 0 Å². The van der Waals surface area contributed by atoms with Crippen molar-refractivity contribution >= 4 is 17.4 Å². The molecule has 3 rings (SSSR count). The van der Waals surface area contributed by atoms with Crippen LogP contribution in [0.4, 0.5) is 11.5 Å².